The van der Waals surface area contributed by atoms with E-state index in [0.29, 0.717) is 6.04 Å². The largest absolute Gasteiger partial charge is 0.444 e. The van der Waals surface area contributed by atoms with Gasteiger partial charge in [0.15, 0.2) is 5.96 Å². The van der Waals surface area contributed by atoms with E-state index in [-0.39, 0.29) is 36.1 Å². The molecule has 2 atom stereocenters. The zero-order valence-corrected chi connectivity index (χ0v) is 19.2. The summed E-state index contributed by atoms with van der Waals surface area (Å²) < 4.78 is 5.34. The van der Waals surface area contributed by atoms with Gasteiger partial charge in [-0.25, -0.2) is 4.79 Å². The van der Waals surface area contributed by atoms with E-state index in [1.807, 2.05) is 27.8 Å². The number of hydrogen-bond donors (Lipinski definition) is 2. The standard InChI is InChI=1S/C18H35N5O2.HI/c1-6-22-10-7-8-15(22)12-20-16(19-5)23-11-9-14(13-23)21-17(24)25-18(2,3)4;/h14-15H,6-13H2,1-5H3,(H,19,20)(H,21,24);1H. The summed E-state index contributed by atoms with van der Waals surface area (Å²) in [5.74, 6) is 0.927. The van der Waals surface area contributed by atoms with Crippen molar-refractivity contribution in [3.63, 3.8) is 0 Å². The van der Waals surface area contributed by atoms with Gasteiger partial charge in [-0.05, 0) is 53.1 Å². The summed E-state index contributed by atoms with van der Waals surface area (Å²) in [6, 6.07) is 0.701. The van der Waals surface area contributed by atoms with Crippen LogP contribution in [0.1, 0.15) is 47.0 Å². The summed E-state index contributed by atoms with van der Waals surface area (Å²) in [5, 5.41) is 6.48. The SMILES string of the molecule is CCN1CCCC1CNC(=NC)N1CCC(NC(=O)OC(C)(C)C)C1.I. The number of rotatable bonds is 4. The summed E-state index contributed by atoms with van der Waals surface area (Å²) in [6.07, 6.45) is 3.10. The molecule has 0 aromatic heterocycles. The van der Waals surface area contributed by atoms with Crippen molar-refractivity contribution in [1.29, 1.82) is 0 Å². The van der Waals surface area contributed by atoms with E-state index in [2.05, 4.69) is 32.3 Å². The van der Waals surface area contributed by atoms with Gasteiger partial charge in [-0.3, -0.25) is 9.89 Å². The number of likely N-dealkylation sites (N-methyl/N-ethyl adjacent to an activating group) is 1. The van der Waals surface area contributed by atoms with E-state index >= 15 is 0 Å². The van der Waals surface area contributed by atoms with E-state index in [4.69, 9.17) is 4.74 Å². The molecule has 2 aliphatic rings. The fourth-order valence-corrected chi connectivity index (χ4v) is 3.63. The summed E-state index contributed by atoms with van der Waals surface area (Å²) in [4.78, 5) is 21.1. The molecule has 2 N–H and O–H groups in total. The smallest absolute Gasteiger partial charge is 0.407 e. The number of carbonyl (C=O) groups is 1. The number of guanidine groups is 1. The maximum Gasteiger partial charge on any atom is 0.407 e. The molecule has 0 saturated carbocycles. The summed E-state index contributed by atoms with van der Waals surface area (Å²) >= 11 is 0. The van der Waals surface area contributed by atoms with Crippen molar-refractivity contribution in [2.45, 2.75) is 64.6 Å². The maximum atomic E-state index is 11.9. The van der Waals surface area contributed by atoms with Crippen LogP contribution in [0.3, 0.4) is 0 Å². The van der Waals surface area contributed by atoms with Crippen LogP contribution in [0.4, 0.5) is 4.79 Å². The molecule has 2 saturated heterocycles. The Morgan fingerprint density at radius 2 is 2.00 bits per heavy atom. The lowest BCUT2D eigenvalue weighted by molar-refractivity contribution is 0.0507. The molecule has 2 rings (SSSR count). The Balaban J connectivity index is 0.00000338. The number of likely N-dealkylation sites (tertiary alicyclic amines) is 2. The average molecular weight is 481 g/mol. The summed E-state index contributed by atoms with van der Waals surface area (Å²) in [7, 11) is 1.82. The zero-order chi connectivity index (χ0) is 18.4. The molecule has 7 nitrogen and oxygen atoms in total. The van der Waals surface area contributed by atoms with Crippen molar-refractivity contribution in [2.24, 2.45) is 4.99 Å². The van der Waals surface area contributed by atoms with E-state index in [1.165, 1.54) is 19.4 Å². The Hall–Kier alpha value is -0.770. The van der Waals surface area contributed by atoms with Gasteiger partial charge in [-0.2, -0.15) is 0 Å². The van der Waals surface area contributed by atoms with E-state index in [1.54, 1.807) is 0 Å². The van der Waals surface area contributed by atoms with Gasteiger partial charge in [0.05, 0.1) is 6.04 Å². The monoisotopic (exact) mass is 481 g/mol. The number of alkyl carbamates (subject to hydrolysis) is 1. The fourth-order valence-electron chi connectivity index (χ4n) is 3.63. The predicted octanol–water partition coefficient (Wildman–Crippen LogP) is 2.26. The molecule has 0 bridgehead atoms. The van der Waals surface area contributed by atoms with Gasteiger partial charge in [0, 0.05) is 32.7 Å². The number of carbonyl (C=O) groups excluding carboxylic acids is 1. The molecule has 2 unspecified atom stereocenters. The molecule has 1 amide bonds. The van der Waals surface area contributed by atoms with Crippen LogP contribution in [0, 0.1) is 0 Å². The lowest BCUT2D eigenvalue weighted by Gasteiger charge is -2.27. The van der Waals surface area contributed by atoms with Gasteiger partial charge in [-0.15, -0.1) is 24.0 Å². The van der Waals surface area contributed by atoms with Crippen molar-refractivity contribution in [2.75, 3.05) is 39.8 Å². The van der Waals surface area contributed by atoms with Crippen LogP contribution in [0.25, 0.3) is 0 Å². The third-order valence-electron chi connectivity index (χ3n) is 4.82. The lowest BCUT2D eigenvalue weighted by atomic mass is 10.2. The Morgan fingerprint density at radius 1 is 1.27 bits per heavy atom. The molecule has 0 spiro atoms. The number of nitrogens with one attached hydrogen (secondary N) is 2. The number of nitrogens with zero attached hydrogens (tertiary/aromatic N) is 3. The molecule has 2 aliphatic heterocycles. The normalized spacial score (nSPS) is 24.3. The molecular formula is C18H36IN5O2. The zero-order valence-electron chi connectivity index (χ0n) is 16.9. The molecule has 0 aliphatic carbocycles. The van der Waals surface area contributed by atoms with E-state index < -0.39 is 5.60 Å². The van der Waals surface area contributed by atoms with Crippen LogP contribution < -0.4 is 10.6 Å². The highest BCUT2D eigenvalue weighted by Crippen LogP contribution is 2.16. The number of ether oxygens (including phenoxy) is 1. The van der Waals surface area contributed by atoms with Gasteiger partial charge in [-0.1, -0.05) is 6.92 Å². The fraction of sp³-hybridized carbons (Fsp3) is 0.889. The second kappa shape index (κ2) is 10.5. The minimum atomic E-state index is -0.466. The highest BCUT2D eigenvalue weighted by Gasteiger charge is 2.29. The van der Waals surface area contributed by atoms with Crippen molar-refractivity contribution in [3.05, 3.63) is 0 Å². The Bertz CT molecular complexity index is 481. The first-order valence-corrected chi connectivity index (χ1v) is 9.51. The maximum absolute atomic E-state index is 11.9. The molecule has 26 heavy (non-hydrogen) atoms. The molecule has 2 heterocycles. The van der Waals surface area contributed by atoms with Gasteiger partial charge >= 0.3 is 6.09 Å². The number of aliphatic imine (C=N–C) groups is 1. The van der Waals surface area contributed by atoms with Crippen LogP contribution in [-0.2, 0) is 4.74 Å². The first-order valence-electron chi connectivity index (χ1n) is 9.51. The molecule has 8 heteroatoms. The average Bonchev–Trinajstić information content (AvgIpc) is 3.15. The first-order chi connectivity index (χ1) is 11.8. The van der Waals surface area contributed by atoms with Crippen LogP contribution >= 0.6 is 24.0 Å². The second-order valence-corrected chi connectivity index (χ2v) is 7.93. The summed E-state index contributed by atoms with van der Waals surface area (Å²) in [6.45, 7) is 12.8. The third-order valence-corrected chi connectivity index (χ3v) is 4.82. The van der Waals surface area contributed by atoms with E-state index in [9.17, 15) is 4.79 Å². The van der Waals surface area contributed by atoms with Crippen molar-refractivity contribution >= 4 is 36.0 Å². The predicted molar refractivity (Wildman–Crippen MR) is 116 cm³/mol. The third kappa shape index (κ3) is 7.09. The number of hydrogen-bond acceptors (Lipinski definition) is 4. The van der Waals surface area contributed by atoms with Crippen LogP contribution in [0.15, 0.2) is 4.99 Å². The van der Waals surface area contributed by atoms with Crippen LogP contribution in [0.2, 0.25) is 0 Å². The number of halogens is 1. The first kappa shape index (κ1) is 23.3. The molecule has 152 valence electrons. The Labute approximate surface area is 175 Å². The second-order valence-electron chi connectivity index (χ2n) is 7.93. The van der Waals surface area contributed by atoms with Gasteiger partial charge in [0.2, 0.25) is 0 Å². The molecule has 2 fully saturated rings. The minimum Gasteiger partial charge on any atom is -0.444 e. The molecular weight excluding hydrogens is 445 g/mol. The van der Waals surface area contributed by atoms with Crippen LogP contribution in [-0.4, -0.2) is 79.3 Å². The minimum absolute atomic E-state index is 0. The number of amides is 1. The highest BCUT2D eigenvalue weighted by atomic mass is 127. The highest BCUT2D eigenvalue weighted by molar-refractivity contribution is 14.0. The van der Waals surface area contributed by atoms with Crippen LogP contribution in [0.5, 0.6) is 0 Å². The van der Waals surface area contributed by atoms with Crippen molar-refractivity contribution in [1.82, 2.24) is 20.4 Å². The van der Waals surface area contributed by atoms with Gasteiger partial charge < -0.3 is 20.3 Å². The quantitative estimate of drug-likeness (QED) is 0.367. The van der Waals surface area contributed by atoms with Gasteiger partial charge in [0.1, 0.15) is 5.60 Å². The Morgan fingerprint density at radius 3 is 2.62 bits per heavy atom. The van der Waals surface area contributed by atoms with E-state index in [0.717, 1.165) is 38.6 Å². The molecule has 0 aromatic rings. The molecule has 0 aromatic carbocycles. The van der Waals surface area contributed by atoms with Crippen molar-refractivity contribution in [3.8, 4) is 0 Å². The Kier molecular flexibility index (Phi) is 9.43. The topological polar surface area (TPSA) is 69.2 Å². The molecule has 0 radical (unpaired) electrons. The lowest BCUT2D eigenvalue weighted by Crippen LogP contribution is -2.47. The van der Waals surface area contributed by atoms with Gasteiger partial charge in [0.25, 0.3) is 0 Å². The summed E-state index contributed by atoms with van der Waals surface area (Å²) in [5.41, 5.74) is -0.466. The van der Waals surface area contributed by atoms with Crippen molar-refractivity contribution < 1.29 is 9.53 Å².